The number of ether oxygens (including phenoxy) is 2. The number of ketones is 1. The molecule has 176 valence electrons. The summed E-state index contributed by atoms with van der Waals surface area (Å²) in [7, 11) is 1.57. The van der Waals surface area contributed by atoms with Crippen LogP contribution in [0.25, 0.3) is 0 Å². The summed E-state index contributed by atoms with van der Waals surface area (Å²) in [6.07, 6.45) is 0.296. The molecule has 0 spiro atoms. The molecule has 1 aliphatic rings. The molecule has 5 heteroatoms. The molecule has 0 N–H and O–H groups in total. The fourth-order valence-electron chi connectivity index (χ4n) is 4.49. The van der Waals surface area contributed by atoms with Crippen LogP contribution in [0.15, 0.2) is 78.9 Å². The average Bonchev–Trinajstić information content (AvgIpc) is 3.20. The smallest absolute Gasteiger partial charge is 0.415 e. The molecule has 0 unspecified atom stereocenters. The third-order valence-corrected chi connectivity index (χ3v) is 6.45. The van der Waals surface area contributed by atoms with Crippen molar-refractivity contribution in [3.8, 4) is 5.75 Å². The first-order chi connectivity index (χ1) is 16.3. The van der Waals surface area contributed by atoms with E-state index in [-0.39, 0.29) is 24.2 Å². The number of rotatable bonds is 7. The Hall–Kier alpha value is -3.60. The number of nitrogens with zero attached hydrogens (tertiary/aromatic N) is 1. The highest BCUT2D eigenvalue weighted by Gasteiger charge is 2.55. The highest BCUT2D eigenvalue weighted by Crippen LogP contribution is 2.45. The van der Waals surface area contributed by atoms with Crippen LogP contribution in [0.5, 0.6) is 5.75 Å². The van der Waals surface area contributed by atoms with E-state index in [0.717, 1.165) is 16.7 Å². The average molecular weight is 458 g/mol. The SMILES string of the molecule is COc1ccc(C(C)(C)C)cc1N1C(=O)OC[C@]1(C(=O)CCc1ccccc1)c1ccccc1. The summed E-state index contributed by atoms with van der Waals surface area (Å²) < 4.78 is 11.3. The number of methoxy groups -OCH3 is 1. The van der Waals surface area contributed by atoms with Gasteiger partial charge in [-0.3, -0.25) is 9.69 Å². The predicted octanol–water partition coefficient (Wildman–Crippen LogP) is 6.05. The van der Waals surface area contributed by atoms with E-state index in [4.69, 9.17) is 9.47 Å². The minimum atomic E-state index is -1.28. The molecular weight excluding hydrogens is 426 g/mol. The summed E-state index contributed by atoms with van der Waals surface area (Å²) in [5.41, 5.74) is 1.93. The van der Waals surface area contributed by atoms with Gasteiger partial charge in [0, 0.05) is 6.42 Å². The van der Waals surface area contributed by atoms with Crippen molar-refractivity contribution in [1.82, 2.24) is 0 Å². The Labute approximate surface area is 201 Å². The third-order valence-electron chi connectivity index (χ3n) is 6.45. The van der Waals surface area contributed by atoms with Crippen molar-refractivity contribution in [2.24, 2.45) is 0 Å². The lowest BCUT2D eigenvalue weighted by atomic mass is 9.81. The first-order valence-corrected chi connectivity index (χ1v) is 11.6. The van der Waals surface area contributed by atoms with Crippen LogP contribution < -0.4 is 9.64 Å². The normalized spacial score (nSPS) is 18.0. The highest BCUT2D eigenvalue weighted by molar-refractivity contribution is 6.05. The number of anilines is 1. The monoisotopic (exact) mass is 457 g/mol. The van der Waals surface area contributed by atoms with Gasteiger partial charge in [0.1, 0.15) is 12.4 Å². The van der Waals surface area contributed by atoms with Crippen LogP contribution in [0.2, 0.25) is 0 Å². The van der Waals surface area contributed by atoms with Crippen molar-refractivity contribution in [1.29, 1.82) is 0 Å². The van der Waals surface area contributed by atoms with Gasteiger partial charge in [-0.2, -0.15) is 0 Å². The lowest BCUT2D eigenvalue weighted by Crippen LogP contribution is -2.51. The van der Waals surface area contributed by atoms with E-state index in [1.165, 1.54) is 4.90 Å². The van der Waals surface area contributed by atoms with Gasteiger partial charge >= 0.3 is 6.09 Å². The van der Waals surface area contributed by atoms with Gasteiger partial charge in [-0.1, -0.05) is 87.5 Å². The Morgan fingerprint density at radius 3 is 2.26 bits per heavy atom. The lowest BCUT2D eigenvalue weighted by molar-refractivity contribution is -0.124. The highest BCUT2D eigenvalue weighted by atomic mass is 16.6. The summed E-state index contributed by atoms with van der Waals surface area (Å²) in [5.74, 6) is 0.444. The molecule has 0 radical (unpaired) electrons. The second-order valence-electron chi connectivity index (χ2n) is 9.66. The van der Waals surface area contributed by atoms with E-state index in [1.807, 2.05) is 78.9 Å². The van der Waals surface area contributed by atoms with Gasteiger partial charge in [0.2, 0.25) is 0 Å². The molecule has 1 heterocycles. The second-order valence-corrected chi connectivity index (χ2v) is 9.66. The molecule has 5 nitrogen and oxygen atoms in total. The van der Waals surface area contributed by atoms with E-state index >= 15 is 0 Å². The molecule has 3 aromatic rings. The van der Waals surface area contributed by atoms with Gasteiger partial charge in [-0.15, -0.1) is 0 Å². The van der Waals surface area contributed by atoms with Gasteiger partial charge in [0.15, 0.2) is 11.3 Å². The molecule has 34 heavy (non-hydrogen) atoms. The van der Waals surface area contributed by atoms with Crippen LogP contribution in [-0.2, 0) is 26.9 Å². The third kappa shape index (κ3) is 4.30. The van der Waals surface area contributed by atoms with Gasteiger partial charge in [-0.05, 0) is 40.7 Å². The first kappa shape index (κ1) is 23.6. The summed E-state index contributed by atoms with van der Waals surface area (Å²) in [6.45, 7) is 6.27. The van der Waals surface area contributed by atoms with E-state index in [2.05, 4.69) is 20.8 Å². The zero-order valence-electron chi connectivity index (χ0n) is 20.2. The van der Waals surface area contributed by atoms with E-state index in [0.29, 0.717) is 17.9 Å². The molecule has 1 aliphatic heterocycles. The van der Waals surface area contributed by atoms with Gasteiger partial charge in [-0.25, -0.2) is 4.79 Å². The minimum absolute atomic E-state index is 0.0492. The van der Waals surface area contributed by atoms with Crippen molar-refractivity contribution in [2.75, 3.05) is 18.6 Å². The standard InChI is InChI=1S/C29H31NO4/c1-28(2,3)23-16-17-25(33-4)24(19-23)30-27(32)34-20-29(30,22-13-9-6-10-14-22)26(31)18-15-21-11-7-5-8-12-21/h5-14,16-17,19H,15,18,20H2,1-4H3/t29-/m1/s1. The summed E-state index contributed by atoms with van der Waals surface area (Å²) in [4.78, 5) is 28.8. The maximum Gasteiger partial charge on any atom is 0.415 e. The predicted molar refractivity (Wildman–Crippen MR) is 133 cm³/mol. The number of hydrogen-bond acceptors (Lipinski definition) is 4. The zero-order valence-corrected chi connectivity index (χ0v) is 20.2. The minimum Gasteiger partial charge on any atom is -0.495 e. The van der Waals surface area contributed by atoms with Gasteiger partial charge in [0.05, 0.1) is 12.8 Å². The fraction of sp³-hybridized carbons (Fsp3) is 0.310. The van der Waals surface area contributed by atoms with Crippen LogP contribution in [0.1, 0.15) is 43.9 Å². The maximum atomic E-state index is 14.0. The van der Waals surface area contributed by atoms with Crippen LogP contribution in [0.3, 0.4) is 0 Å². The summed E-state index contributed by atoms with van der Waals surface area (Å²) >= 11 is 0. The molecule has 0 bridgehead atoms. The zero-order chi connectivity index (χ0) is 24.3. The Balaban J connectivity index is 1.85. The van der Waals surface area contributed by atoms with Crippen LogP contribution >= 0.6 is 0 Å². The van der Waals surface area contributed by atoms with Crippen LogP contribution in [0, 0.1) is 0 Å². The van der Waals surface area contributed by atoms with Crippen molar-refractivity contribution in [3.05, 3.63) is 95.6 Å². The van der Waals surface area contributed by atoms with Crippen molar-refractivity contribution >= 4 is 17.6 Å². The Kier molecular flexibility index (Phi) is 6.47. The number of Topliss-reactive ketones (excluding diaryl/α,β-unsaturated/α-hetero) is 1. The van der Waals surface area contributed by atoms with E-state index in [1.54, 1.807) is 7.11 Å². The van der Waals surface area contributed by atoms with Crippen LogP contribution in [-0.4, -0.2) is 25.6 Å². The molecule has 0 saturated carbocycles. The molecule has 0 aliphatic carbocycles. The quantitative estimate of drug-likeness (QED) is 0.434. The number of hydrogen-bond donors (Lipinski definition) is 0. The Bertz CT molecular complexity index is 1170. The number of carbonyl (C=O) groups is 2. The maximum absolute atomic E-state index is 14.0. The first-order valence-electron chi connectivity index (χ1n) is 11.6. The summed E-state index contributed by atoms with van der Waals surface area (Å²) in [6, 6.07) is 25.1. The molecule has 1 saturated heterocycles. The van der Waals surface area contributed by atoms with E-state index < -0.39 is 11.6 Å². The van der Waals surface area contributed by atoms with Gasteiger partial charge < -0.3 is 9.47 Å². The van der Waals surface area contributed by atoms with Crippen LogP contribution in [0.4, 0.5) is 10.5 Å². The molecule has 0 aromatic heterocycles. The molecule has 4 rings (SSSR count). The largest absolute Gasteiger partial charge is 0.495 e. The topological polar surface area (TPSA) is 55.8 Å². The molecule has 1 amide bonds. The molecule has 1 fully saturated rings. The second kappa shape index (κ2) is 9.34. The molecule has 3 aromatic carbocycles. The van der Waals surface area contributed by atoms with Crippen molar-refractivity contribution < 1.29 is 19.1 Å². The van der Waals surface area contributed by atoms with Crippen molar-refractivity contribution in [2.45, 2.75) is 44.6 Å². The molecule has 1 atom stereocenters. The number of carbonyl (C=O) groups excluding carboxylic acids is 2. The molecular formula is C29H31NO4. The van der Waals surface area contributed by atoms with Crippen molar-refractivity contribution in [3.63, 3.8) is 0 Å². The fourth-order valence-corrected chi connectivity index (χ4v) is 4.49. The number of aryl methyl sites for hydroxylation is 1. The Morgan fingerprint density at radius 2 is 1.65 bits per heavy atom. The Morgan fingerprint density at radius 1 is 1.00 bits per heavy atom. The number of amides is 1. The van der Waals surface area contributed by atoms with E-state index in [9.17, 15) is 9.59 Å². The summed E-state index contributed by atoms with van der Waals surface area (Å²) in [5, 5.41) is 0. The van der Waals surface area contributed by atoms with Gasteiger partial charge in [0.25, 0.3) is 0 Å². The number of cyclic esters (lactones) is 1. The number of benzene rings is 3. The lowest BCUT2D eigenvalue weighted by Gasteiger charge is -2.36.